The van der Waals surface area contributed by atoms with Crippen LogP contribution in [-0.2, 0) is 17.4 Å². The Morgan fingerprint density at radius 1 is 1.00 bits per heavy atom. The van der Waals surface area contributed by atoms with Crippen LogP contribution in [0.5, 0.6) is 0 Å². The Hall–Kier alpha value is 2.43. The summed E-state index contributed by atoms with van der Waals surface area (Å²) in [5, 5.41) is 0. The Kier molecular flexibility index (Phi) is 145. The molecular formula is H6AlCrLiMg. The van der Waals surface area contributed by atoms with Crippen molar-refractivity contribution < 1.29 is 17.4 Å². The Morgan fingerprint density at radius 2 is 1.00 bits per heavy atom. The van der Waals surface area contributed by atoms with Crippen molar-refractivity contribution in [2.75, 3.05) is 0 Å². The van der Waals surface area contributed by atoms with Crippen LogP contribution in [-0.4, -0.2) is 59.3 Å². The van der Waals surface area contributed by atoms with Crippen LogP contribution >= 0.6 is 0 Å². The average molecular weight is 116 g/mol. The van der Waals surface area contributed by atoms with Gasteiger partial charge in [0.05, 0.1) is 0 Å². The van der Waals surface area contributed by atoms with Crippen molar-refractivity contribution in [1.29, 1.82) is 0 Å². The first kappa shape index (κ1) is 32.1. The molecule has 0 saturated heterocycles. The van der Waals surface area contributed by atoms with Gasteiger partial charge < -0.3 is 0 Å². The fraction of sp³-hybridized carbons (Fsp3) is 0. The number of hydrogen-bond donors (Lipinski definition) is 0. The Balaban J connectivity index is 0. The van der Waals surface area contributed by atoms with Crippen LogP contribution in [0.2, 0.25) is 0 Å². The normalized spacial score (nSPS) is 0. The van der Waals surface area contributed by atoms with Crippen LogP contribution in [0.25, 0.3) is 0 Å². The van der Waals surface area contributed by atoms with Crippen LogP contribution < -0.4 is 0 Å². The predicted molar refractivity (Wildman–Crippen MR) is 25.6 cm³/mol. The zero-order chi connectivity index (χ0) is 0. The van der Waals surface area contributed by atoms with E-state index < -0.39 is 0 Å². The Bertz CT molecular complexity index is 8.00. The van der Waals surface area contributed by atoms with E-state index in [1.54, 1.807) is 0 Å². The van der Waals surface area contributed by atoms with Gasteiger partial charge in [-0.1, -0.05) is 0 Å². The first-order valence-corrected chi connectivity index (χ1v) is 0. The molecule has 0 bridgehead atoms. The van der Waals surface area contributed by atoms with E-state index in [0.717, 1.165) is 0 Å². The van der Waals surface area contributed by atoms with Gasteiger partial charge in [0.2, 0.25) is 0 Å². The largest absolute Gasteiger partial charge is 0.316 e. The van der Waals surface area contributed by atoms with Gasteiger partial charge in [0.25, 0.3) is 0 Å². The Morgan fingerprint density at radius 3 is 1.00 bits per heavy atom. The molecule has 0 rings (SSSR count). The second-order valence-electron chi connectivity index (χ2n) is 0. The molecule has 0 aliphatic heterocycles. The molecule has 0 aliphatic rings. The summed E-state index contributed by atoms with van der Waals surface area (Å²) in [4.78, 5) is 0. The van der Waals surface area contributed by atoms with Gasteiger partial charge in [-0.15, -0.1) is 0 Å². The number of rotatable bonds is 0. The minimum atomic E-state index is 0. The smallest absolute Gasteiger partial charge is 0.316 e. The van der Waals surface area contributed by atoms with E-state index in [1.807, 2.05) is 0 Å². The summed E-state index contributed by atoms with van der Waals surface area (Å²) in [6.07, 6.45) is 0. The summed E-state index contributed by atoms with van der Waals surface area (Å²) in [6, 6.07) is 0. The molecule has 4 heteroatoms. The second-order valence-corrected chi connectivity index (χ2v) is 0. The average Bonchev–Trinajstić information content (AvgIpc) is 0. The van der Waals surface area contributed by atoms with Crippen LogP contribution in [0.15, 0.2) is 0 Å². The first-order chi connectivity index (χ1) is 0. The molecule has 18 valence electrons. The van der Waals surface area contributed by atoms with Crippen LogP contribution in [0.4, 0.5) is 0 Å². The zero-order valence-electron chi connectivity index (χ0n) is 0.408. The predicted octanol–water partition coefficient (Wildman–Crippen LogP) is -2.75. The van der Waals surface area contributed by atoms with Gasteiger partial charge in [-0.3, -0.25) is 0 Å². The third kappa shape index (κ3) is 8.83. The van der Waals surface area contributed by atoms with Gasteiger partial charge in [-0.2, -0.15) is 0 Å². The van der Waals surface area contributed by atoms with Crippen molar-refractivity contribution in [3.8, 4) is 0 Å². The molecule has 0 N–H and O–H groups in total. The van der Waals surface area contributed by atoms with Crippen LogP contribution in [0.3, 0.4) is 0 Å². The van der Waals surface area contributed by atoms with Crippen LogP contribution in [0.1, 0.15) is 0 Å². The molecule has 0 radical (unpaired) electrons. The van der Waals surface area contributed by atoms with Crippen molar-refractivity contribution in [3.05, 3.63) is 0 Å². The topological polar surface area (TPSA) is 0 Å². The van der Waals surface area contributed by atoms with E-state index in [-0.39, 0.29) is 76.6 Å². The quantitative estimate of drug-likeness (QED) is 0.301. The van der Waals surface area contributed by atoms with Gasteiger partial charge in [-0.05, 0) is 0 Å². The van der Waals surface area contributed by atoms with Crippen molar-refractivity contribution in [3.63, 3.8) is 0 Å². The second kappa shape index (κ2) is 18.1. The molecule has 0 spiro atoms. The molecule has 0 aliphatic carbocycles. The molecule has 0 fully saturated rings. The Labute approximate surface area is 75.7 Å². The third-order valence-corrected chi connectivity index (χ3v) is 0. The van der Waals surface area contributed by atoms with Gasteiger partial charge in [0.15, 0.2) is 17.4 Å². The maximum absolute atomic E-state index is 0. The molecule has 0 aromatic heterocycles. The first-order valence-electron chi connectivity index (χ1n) is 0. The fourth-order valence-electron chi connectivity index (χ4n) is 0. The zero-order valence-corrected chi connectivity index (χ0v) is 1.68. The molecule has 0 aromatic carbocycles. The molecule has 0 nitrogen and oxygen atoms in total. The molecule has 0 atom stereocenters. The van der Waals surface area contributed by atoms with E-state index in [4.69, 9.17) is 0 Å². The van der Waals surface area contributed by atoms with E-state index in [0.29, 0.717) is 0 Å². The van der Waals surface area contributed by atoms with Crippen molar-refractivity contribution in [1.82, 2.24) is 0 Å². The molecule has 0 aromatic rings. The summed E-state index contributed by atoms with van der Waals surface area (Å²) in [7, 11) is 0. The number of hydrogen-bond acceptors (Lipinski definition) is 0. The van der Waals surface area contributed by atoms with E-state index in [1.165, 1.54) is 0 Å². The van der Waals surface area contributed by atoms with Gasteiger partial charge >= 0.3 is 41.9 Å². The van der Waals surface area contributed by atoms with Gasteiger partial charge in [0, 0.05) is 17.4 Å². The molecule has 0 amide bonds. The molecule has 4 heavy (non-hydrogen) atoms. The van der Waals surface area contributed by atoms with Gasteiger partial charge in [0.1, 0.15) is 0 Å². The standard InChI is InChI=1S/Al.Cr.Li.Mg.6H. The molecule has 0 saturated carbocycles. The maximum Gasteiger partial charge on any atom is 0.316 e. The molecule has 0 heterocycles. The van der Waals surface area contributed by atoms with Crippen molar-refractivity contribution in [2.24, 2.45) is 0 Å². The summed E-state index contributed by atoms with van der Waals surface area (Å²) in [5.74, 6) is 0. The summed E-state index contributed by atoms with van der Waals surface area (Å²) in [5.41, 5.74) is 0. The summed E-state index contributed by atoms with van der Waals surface area (Å²) >= 11 is 0. The van der Waals surface area contributed by atoms with Crippen LogP contribution in [0, 0.1) is 0 Å². The van der Waals surface area contributed by atoms with Crippen molar-refractivity contribution >= 4 is 59.3 Å². The minimum absolute atomic E-state index is 0. The fourth-order valence-corrected chi connectivity index (χ4v) is 0. The molecule has 0 unspecified atom stereocenters. The molecular weight excluding hydrogens is 110 g/mol. The van der Waals surface area contributed by atoms with E-state index >= 15 is 0 Å². The SMILES string of the molecule is [AlH3].[Cr].[LiH].[MgH2]. The summed E-state index contributed by atoms with van der Waals surface area (Å²) in [6.45, 7) is 0. The van der Waals surface area contributed by atoms with Gasteiger partial charge in [-0.25, -0.2) is 0 Å². The minimum Gasteiger partial charge on any atom is 0.316 e. The van der Waals surface area contributed by atoms with E-state index in [2.05, 4.69) is 0 Å². The third-order valence-electron chi connectivity index (χ3n) is 0. The summed E-state index contributed by atoms with van der Waals surface area (Å²) < 4.78 is 0. The van der Waals surface area contributed by atoms with Crippen molar-refractivity contribution in [2.45, 2.75) is 0 Å². The maximum atomic E-state index is 0. The van der Waals surface area contributed by atoms with E-state index in [9.17, 15) is 0 Å². The monoisotopic (exact) mass is 116 g/mol.